The van der Waals surface area contributed by atoms with Crippen LogP contribution >= 0.6 is 0 Å². The molecule has 1 heterocycles. The molecule has 0 unspecified atom stereocenters. The van der Waals surface area contributed by atoms with Crippen LogP contribution in [0.4, 0.5) is 5.82 Å². The normalized spacial score (nSPS) is 26.6. The highest BCUT2D eigenvalue weighted by molar-refractivity contribution is 7.89. The van der Waals surface area contributed by atoms with Crippen molar-refractivity contribution in [3.63, 3.8) is 0 Å². The van der Waals surface area contributed by atoms with Crippen LogP contribution < -0.4 is 10.3 Å². The topological polar surface area (TPSA) is 88.2 Å². The molecular formula is C20H25N3O3S. The van der Waals surface area contributed by atoms with Crippen LogP contribution in [0.15, 0.2) is 30.3 Å². The Hall–Kier alpha value is -1.99. The van der Waals surface area contributed by atoms with Gasteiger partial charge in [0.05, 0.1) is 11.3 Å². The van der Waals surface area contributed by atoms with Crippen molar-refractivity contribution in [3.8, 4) is 0 Å². The van der Waals surface area contributed by atoms with E-state index in [0.717, 1.165) is 22.9 Å². The molecule has 2 aromatic rings. The summed E-state index contributed by atoms with van der Waals surface area (Å²) in [5.74, 6) is 0.641. The number of carbonyl (C=O) groups excluding carboxylic acids is 1. The van der Waals surface area contributed by atoms with E-state index in [1.807, 2.05) is 45.0 Å². The summed E-state index contributed by atoms with van der Waals surface area (Å²) < 4.78 is 25.5. The van der Waals surface area contributed by atoms with Crippen LogP contribution in [0, 0.1) is 23.7 Å². The minimum absolute atomic E-state index is 0.0915. The number of Topliss-reactive ketones (excluding diaryl/α,β-unsaturated/α-hetero) is 1. The predicted octanol–water partition coefficient (Wildman–Crippen LogP) is 3.18. The van der Waals surface area contributed by atoms with Gasteiger partial charge in [-0.05, 0) is 48.8 Å². The lowest BCUT2D eigenvalue weighted by molar-refractivity contribution is -0.128. The Bertz CT molecular complexity index is 1030. The number of benzene rings is 1. The van der Waals surface area contributed by atoms with E-state index in [1.165, 1.54) is 0 Å². The zero-order valence-corrected chi connectivity index (χ0v) is 16.7. The Morgan fingerprint density at radius 1 is 1.26 bits per heavy atom. The van der Waals surface area contributed by atoms with Gasteiger partial charge < -0.3 is 0 Å². The number of hydrogen-bond donors (Lipinski definition) is 2. The fraction of sp³-hybridized carbons (Fsp3) is 0.500. The van der Waals surface area contributed by atoms with E-state index in [9.17, 15) is 13.2 Å². The van der Waals surface area contributed by atoms with Crippen LogP contribution in [-0.4, -0.2) is 24.9 Å². The smallest absolute Gasteiger partial charge is 0.229 e. The van der Waals surface area contributed by atoms with Gasteiger partial charge in [-0.15, -0.1) is 4.83 Å². The van der Waals surface area contributed by atoms with Crippen molar-refractivity contribution in [2.24, 2.45) is 16.7 Å². The van der Waals surface area contributed by atoms with Gasteiger partial charge in [-0.2, -0.15) is 0 Å². The summed E-state index contributed by atoms with van der Waals surface area (Å²) in [4.78, 5) is 19.5. The Balaban J connectivity index is 1.54. The summed E-state index contributed by atoms with van der Waals surface area (Å²) in [6.07, 6.45) is 2.08. The van der Waals surface area contributed by atoms with Gasteiger partial charge in [-0.25, -0.2) is 13.4 Å². The van der Waals surface area contributed by atoms with Crippen LogP contribution in [0.25, 0.3) is 10.9 Å². The molecule has 1 aromatic carbocycles. The van der Waals surface area contributed by atoms with E-state index in [2.05, 4.69) is 15.2 Å². The largest absolute Gasteiger partial charge is 0.299 e. The third-order valence-corrected chi connectivity index (χ3v) is 8.12. The van der Waals surface area contributed by atoms with E-state index >= 15 is 0 Å². The first kappa shape index (κ1) is 18.4. The summed E-state index contributed by atoms with van der Waals surface area (Å²) in [7, 11) is -3.70. The van der Waals surface area contributed by atoms with E-state index in [1.54, 1.807) is 6.07 Å². The van der Waals surface area contributed by atoms with Crippen molar-refractivity contribution in [3.05, 3.63) is 35.9 Å². The van der Waals surface area contributed by atoms with Crippen LogP contribution in [0.5, 0.6) is 0 Å². The zero-order chi connectivity index (χ0) is 19.4. The highest BCUT2D eigenvalue weighted by Crippen LogP contribution is 2.64. The van der Waals surface area contributed by atoms with Crippen LogP contribution in [0.2, 0.25) is 0 Å². The van der Waals surface area contributed by atoms with Gasteiger partial charge in [0.25, 0.3) is 0 Å². The van der Waals surface area contributed by atoms with Crippen LogP contribution in [-0.2, 0) is 14.8 Å². The molecule has 0 spiro atoms. The number of pyridine rings is 1. The highest BCUT2D eigenvalue weighted by atomic mass is 32.2. The number of hydrazine groups is 1. The molecule has 0 aliphatic heterocycles. The average molecular weight is 388 g/mol. The van der Waals surface area contributed by atoms with Crippen molar-refractivity contribution >= 4 is 32.5 Å². The van der Waals surface area contributed by atoms with Gasteiger partial charge >= 0.3 is 0 Å². The van der Waals surface area contributed by atoms with Crippen molar-refractivity contribution in [1.29, 1.82) is 0 Å². The lowest BCUT2D eigenvalue weighted by atomic mass is 9.70. The number of nitrogens with one attached hydrogen (secondary N) is 2. The van der Waals surface area contributed by atoms with Crippen molar-refractivity contribution in [1.82, 2.24) is 9.82 Å². The van der Waals surface area contributed by atoms with Gasteiger partial charge in [0.2, 0.25) is 10.0 Å². The molecular weight excluding hydrogens is 362 g/mol. The second-order valence-corrected chi connectivity index (χ2v) is 10.2. The molecule has 2 N–H and O–H groups in total. The number of para-hydroxylation sites is 1. The molecule has 0 saturated heterocycles. The number of fused-ring (bicyclic) bond motifs is 3. The van der Waals surface area contributed by atoms with Gasteiger partial charge in [-0.3, -0.25) is 10.2 Å². The number of sulfonamides is 1. The van der Waals surface area contributed by atoms with Gasteiger partial charge in [0.1, 0.15) is 11.6 Å². The Kier molecular flexibility index (Phi) is 4.09. The molecule has 1 aromatic heterocycles. The molecule has 2 aliphatic rings. The van der Waals surface area contributed by atoms with E-state index in [-0.39, 0.29) is 22.9 Å². The Morgan fingerprint density at radius 2 is 2.00 bits per heavy atom. The molecule has 2 bridgehead atoms. The zero-order valence-electron chi connectivity index (χ0n) is 15.9. The number of nitrogens with zero attached hydrogens (tertiary/aromatic N) is 1. The minimum Gasteiger partial charge on any atom is -0.299 e. The van der Waals surface area contributed by atoms with Gasteiger partial charge in [0.15, 0.2) is 0 Å². The predicted molar refractivity (Wildman–Crippen MR) is 106 cm³/mol. The molecule has 7 heteroatoms. The van der Waals surface area contributed by atoms with Gasteiger partial charge in [-0.1, -0.05) is 32.0 Å². The number of ketones is 1. The lowest BCUT2D eigenvalue weighted by Crippen LogP contribution is -2.46. The molecule has 144 valence electrons. The lowest BCUT2D eigenvalue weighted by Gasteiger charge is -2.36. The SMILES string of the molecule is Cc1cc(NNS(=O)(=O)C[C@@]23CC[C@@H](CC2=O)C3(C)C)nc2ccccc12. The van der Waals surface area contributed by atoms with E-state index < -0.39 is 15.4 Å². The number of rotatable bonds is 5. The highest BCUT2D eigenvalue weighted by Gasteiger charge is 2.65. The second kappa shape index (κ2) is 6.01. The average Bonchev–Trinajstić information content (AvgIpc) is 2.94. The quantitative estimate of drug-likeness (QED) is 0.769. The number of hydrogen-bond acceptors (Lipinski definition) is 5. The molecule has 27 heavy (non-hydrogen) atoms. The van der Waals surface area contributed by atoms with Crippen molar-refractivity contribution in [2.75, 3.05) is 11.2 Å². The molecule has 4 rings (SSSR count). The number of aryl methyl sites for hydroxylation is 1. The second-order valence-electron chi connectivity index (χ2n) is 8.49. The third kappa shape index (κ3) is 2.84. The summed E-state index contributed by atoms with van der Waals surface area (Å²) in [6.45, 7) is 6.03. The molecule has 6 nitrogen and oxygen atoms in total. The molecule has 2 fully saturated rings. The summed E-state index contributed by atoms with van der Waals surface area (Å²) in [5.41, 5.74) is 3.47. The molecule has 2 saturated carbocycles. The minimum atomic E-state index is -3.70. The molecule has 2 aliphatic carbocycles. The summed E-state index contributed by atoms with van der Waals surface area (Å²) in [5, 5.41) is 1.03. The van der Waals surface area contributed by atoms with Crippen molar-refractivity contribution in [2.45, 2.75) is 40.0 Å². The first-order chi connectivity index (χ1) is 12.6. The van der Waals surface area contributed by atoms with Crippen LogP contribution in [0.3, 0.4) is 0 Å². The maximum absolute atomic E-state index is 12.8. The maximum atomic E-state index is 12.8. The Morgan fingerprint density at radius 3 is 2.67 bits per heavy atom. The first-order valence-electron chi connectivity index (χ1n) is 9.30. The fourth-order valence-corrected chi connectivity index (χ4v) is 6.67. The fourth-order valence-electron chi connectivity index (χ4n) is 5.01. The van der Waals surface area contributed by atoms with Crippen LogP contribution in [0.1, 0.15) is 38.7 Å². The summed E-state index contributed by atoms with van der Waals surface area (Å²) >= 11 is 0. The van der Waals surface area contributed by atoms with E-state index in [4.69, 9.17) is 0 Å². The van der Waals surface area contributed by atoms with Crippen molar-refractivity contribution < 1.29 is 13.2 Å². The number of carbonyl (C=O) groups is 1. The maximum Gasteiger partial charge on any atom is 0.229 e. The van der Waals surface area contributed by atoms with E-state index in [0.29, 0.717) is 18.7 Å². The number of anilines is 1. The summed E-state index contributed by atoms with van der Waals surface area (Å²) in [6, 6.07) is 9.52. The Labute approximate surface area is 159 Å². The molecule has 2 atom stereocenters. The standard InChI is InChI=1S/C20H25N3O3S/c1-13-10-18(21-16-7-5-4-6-15(13)16)22-23-27(25,26)12-20-9-8-14(11-17(20)24)19(20,2)3/h4-7,10,14,23H,8-9,11-12H2,1-3H3,(H,21,22)/t14-,20-/m0/s1. The monoisotopic (exact) mass is 387 g/mol. The first-order valence-corrected chi connectivity index (χ1v) is 11.0. The third-order valence-electron chi connectivity index (χ3n) is 6.83. The molecule has 0 amide bonds. The van der Waals surface area contributed by atoms with Gasteiger partial charge in [0, 0.05) is 17.2 Å². The number of aromatic nitrogens is 1. The molecule has 0 radical (unpaired) electrons.